The highest BCUT2D eigenvalue weighted by molar-refractivity contribution is 6.33. The van der Waals surface area contributed by atoms with Crippen LogP contribution < -0.4 is 5.32 Å². The molecular formula is C15H21Cl2NO. The van der Waals surface area contributed by atoms with E-state index in [1.165, 1.54) is 12.8 Å². The topological polar surface area (TPSA) is 21.3 Å². The lowest BCUT2D eigenvalue weighted by Gasteiger charge is -2.28. The normalized spacial score (nSPS) is 21.3. The maximum absolute atomic E-state index is 6.30. The van der Waals surface area contributed by atoms with Crippen LogP contribution in [-0.2, 0) is 4.74 Å². The molecule has 0 spiro atoms. The summed E-state index contributed by atoms with van der Waals surface area (Å²) >= 11 is 12.4. The van der Waals surface area contributed by atoms with Gasteiger partial charge in [0.2, 0.25) is 0 Å². The van der Waals surface area contributed by atoms with Gasteiger partial charge in [-0.15, -0.1) is 0 Å². The van der Waals surface area contributed by atoms with E-state index >= 15 is 0 Å². The van der Waals surface area contributed by atoms with Gasteiger partial charge in [0, 0.05) is 22.7 Å². The van der Waals surface area contributed by atoms with E-state index < -0.39 is 0 Å². The number of nitrogens with one attached hydrogen (secondary N) is 1. The summed E-state index contributed by atoms with van der Waals surface area (Å²) in [6, 6.07) is 5.86. The molecule has 0 radical (unpaired) electrons. The lowest BCUT2D eigenvalue weighted by atomic mass is 9.96. The summed E-state index contributed by atoms with van der Waals surface area (Å²) in [4.78, 5) is 0. The zero-order valence-electron chi connectivity index (χ0n) is 11.3. The quantitative estimate of drug-likeness (QED) is 0.858. The summed E-state index contributed by atoms with van der Waals surface area (Å²) in [6.07, 6.45) is 4.86. The van der Waals surface area contributed by atoms with E-state index in [2.05, 4.69) is 12.2 Å². The predicted molar refractivity (Wildman–Crippen MR) is 81.1 cm³/mol. The molecule has 0 aromatic heterocycles. The minimum absolute atomic E-state index is 0.208. The number of benzene rings is 1. The third kappa shape index (κ3) is 4.35. The molecule has 0 aliphatic carbocycles. The third-order valence-electron chi connectivity index (χ3n) is 3.56. The average molecular weight is 302 g/mol. The van der Waals surface area contributed by atoms with Crippen molar-refractivity contribution in [2.24, 2.45) is 0 Å². The summed E-state index contributed by atoms with van der Waals surface area (Å²) < 4.78 is 5.83. The van der Waals surface area contributed by atoms with Gasteiger partial charge in [-0.05, 0) is 56.0 Å². The van der Waals surface area contributed by atoms with E-state index in [-0.39, 0.29) is 6.04 Å². The summed E-state index contributed by atoms with van der Waals surface area (Å²) in [6.45, 7) is 3.89. The molecule has 106 valence electrons. The Bertz CT molecular complexity index is 405. The van der Waals surface area contributed by atoms with Crippen LogP contribution in [0.2, 0.25) is 10.0 Å². The van der Waals surface area contributed by atoms with Gasteiger partial charge in [0.1, 0.15) is 0 Å². The fourth-order valence-electron chi connectivity index (χ4n) is 2.60. The van der Waals surface area contributed by atoms with Crippen LogP contribution in [0.4, 0.5) is 0 Å². The van der Waals surface area contributed by atoms with Crippen LogP contribution in [0.15, 0.2) is 18.2 Å². The Balaban J connectivity index is 2.11. The molecule has 0 saturated carbocycles. The molecule has 19 heavy (non-hydrogen) atoms. The van der Waals surface area contributed by atoms with Crippen molar-refractivity contribution in [1.29, 1.82) is 0 Å². The minimum Gasteiger partial charge on any atom is -0.378 e. The molecule has 4 heteroatoms. The smallest absolute Gasteiger partial charge is 0.0593 e. The van der Waals surface area contributed by atoms with Crippen LogP contribution in [0.5, 0.6) is 0 Å². The van der Waals surface area contributed by atoms with Crippen LogP contribution in [0.1, 0.15) is 44.2 Å². The molecule has 2 rings (SSSR count). The van der Waals surface area contributed by atoms with Crippen LogP contribution in [0.25, 0.3) is 0 Å². The highest BCUT2D eigenvalue weighted by Crippen LogP contribution is 2.31. The van der Waals surface area contributed by atoms with Gasteiger partial charge in [-0.2, -0.15) is 0 Å². The number of ether oxygens (including phenoxy) is 1. The molecule has 1 saturated heterocycles. The van der Waals surface area contributed by atoms with Crippen molar-refractivity contribution in [2.45, 2.75) is 44.8 Å². The van der Waals surface area contributed by atoms with Crippen LogP contribution in [-0.4, -0.2) is 19.3 Å². The Labute approximate surface area is 125 Å². The van der Waals surface area contributed by atoms with Gasteiger partial charge in [0.05, 0.1) is 6.10 Å². The Morgan fingerprint density at radius 3 is 2.89 bits per heavy atom. The van der Waals surface area contributed by atoms with E-state index in [0.717, 1.165) is 41.6 Å². The van der Waals surface area contributed by atoms with E-state index in [1.54, 1.807) is 0 Å². The van der Waals surface area contributed by atoms with Crippen molar-refractivity contribution in [3.63, 3.8) is 0 Å². The van der Waals surface area contributed by atoms with Crippen LogP contribution in [0.3, 0.4) is 0 Å². The molecular weight excluding hydrogens is 281 g/mol. The number of hydrogen-bond acceptors (Lipinski definition) is 2. The highest BCUT2D eigenvalue weighted by atomic mass is 35.5. The molecule has 1 aromatic carbocycles. The first-order valence-electron chi connectivity index (χ1n) is 7.00. The maximum Gasteiger partial charge on any atom is 0.0593 e. The first-order valence-corrected chi connectivity index (χ1v) is 7.76. The maximum atomic E-state index is 6.30. The van der Waals surface area contributed by atoms with Gasteiger partial charge >= 0.3 is 0 Å². The zero-order valence-corrected chi connectivity index (χ0v) is 12.8. The summed E-state index contributed by atoms with van der Waals surface area (Å²) in [5.41, 5.74) is 1.07. The molecule has 1 aromatic rings. The molecule has 0 bridgehead atoms. The first kappa shape index (κ1) is 15.1. The predicted octanol–water partition coefficient (Wildman–Crippen LogP) is 4.60. The van der Waals surface area contributed by atoms with E-state index in [4.69, 9.17) is 27.9 Å². The Kier molecular flexibility index (Phi) is 5.96. The molecule has 2 unspecified atom stereocenters. The largest absolute Gasteiger partial charge is 0.378 e. The molecule has 1 heterocycles. The van der Waals surface area contributed by atoms with Gasteiger partial charge in [-0.1, -0.05) is 30.1 Å². The zero-order chi connectivity index (χ0) is 13.7. The van der Waals surface area contributed by atoms with Crippen molar-refractivity contribution in [1.82, 2.24) is 5.32 Å². The standard InChI is InChI=1S/C15H21Cl2NO/c1-2-18-15(10-12-5-3-4-8-19-12)13-9-11(16)6-7-14(13)17/h6-7,9,12,15,18H,2-5,8,10H2,1H3. The van der Waals surface area contributed by atoms with Crippen molar-refractivity contribution < 1.29 is 4.74 Å². The van der Waals surface area contributed by atoms with Gasteiger partial charge in [-0.25, -0.2) is 0 Å². The minimum atomic E-state index is 0.208. The van der Waals surface area contributed by atoms with E-state index in [1.807, 2.05) is 18.2 Å². The highest BCUT2D eigenvalue weighted by Gasteiger charge is 2.22. The number of rotatable bonds is 5. The van der Waals surface area contributed by atoms with Gasteiger partial charge in [0.15, 0.2) is 0 Å². The molecule has 0 amide bonds. The SMILES string of the molecule is CCNC(CC1CCCCO1)c1cc(Cl)ccc1Cl. The molecule has 1 N–H and O–H groups in total. The van der Waals surface area contributed by atoms with Gasteiger partial charge in [0.25, 0.3) is 0 Å². The van der Waals surface area contributed by atoms with Crippen molar-refractivity contribution in [3.05, 3.63) is 33.8 Å². The number of halogens is 2. The van der Waals surface area contributed by atoms with Crippen LogP contribution >= 0.6 is 23.2 Å². The molecule has 1 aliphatic rings. The fraction of sp³-hybridized carbons (Fsp3) is 0.600. The second-order valence-corrected chi connectivity index (χ2v) is 5.84. The number of hydrogen-bond donors (Lipinski definition) is 1. The first-order chi connectivity index (χ1) is 9.20. The lowest BCUT2D eigenvalue weighted by Crippen LogP contribution is -2.29. The average Bonchev–Trinajstić information content (AvgIpc) is 2.42. The molecule has 1 aliphatic heterocycles. The van der Waals surface area contributed by atoms with Gasteiger partial charge in [-0.3, -0.25) is 0 Å². The van der Waals surface area contributed by atoms with Crippen LogP contribution in [0, 0.1) is 0 Å². The molecule has 1 fully saturated rings. The Morgan fingerprint density at radius 1 is 1.37 bits per heavy atom. The van der Waals surface area contributed by atoms with Crippen molar-refractivity contribution in [3.8, 4) is 0 Å². The summed E-state index contributed by atoms with van der Waals surface area (Å²) in [5.74, 6) is 0. The summed E-state index contributed by atoms with van der Waals surface area (Å²) in [5, 5.41) is 4.99. The second kappa shape index (κ2) is 7.49. The van der Waals surface area contributed by atoms with Crippen molar-refractivity contribution >= 4 is 23.2 Å². The second-order valence-electron chi connectivity index (χ2n) is 5.00. The Morgan fingerprint density at radius 2 is 2.21 bits per heavy atom. The Hall–Kier alpha value is -0.280. The third-order valence-corrected chi connectivity index (χ3v) is 4.14. The molecule has 2 atom stereocenters. The summed E-state index contributed by atoms with van der Waals surface area (Å²) in [7, 11) is 0. The van der Waals surface area contributed by atoms with E-state index in [0.29, 0.717) is 6.10 Å². The van der Waals surface area contributed by atoms with Gasteiger partial charge < -0.3 is 10.1 Å². The van der Waals surface area contributed by atoms with E-state index in [9.17, 15) is 0 Å². The fourth-order valence-corrected chi connectivity index (χ4v) is 3.03. The van der Waals surface area contributed by atoms with Crippen molar-refractivity contribution in [2.75, 3.05) is 13.2 Å². The lowest BCUT2D eigenvalue weighted by molar-refractivity contribution is 0.00514. The monoisotopic (exact) mass is 301 g/mol. The molecule has 2 nitrogen and oxygen atoms in total.